The first-order valence-corrected chi connectivity index (χ1v) is 16.2. The molecule has 1 aliphatic heterocycles. The highest BCUT2D eigenvalue weighted by Gasteiger charge is 2.30. The van der Waals surface area contributed by atoms with Crippen LogP contribution in [0.2, 0.25) is 0 Å². The molecule has 3 aromatic rings. The number of aliphatic carboxylic acids is 1. The minimum Gasteiger partial charge on any atom is -0.496 e. The summed E-state index contributed by atoms with van der Waals surface area (Å²) < 4.78 is 29.7. The number of rotatable bonds is 9. The van der Waals surface area contributed by atoms with Gasteiger partial charge in [-0.1, -0.05) is 12.1 Å². The van der Waals surface area contributed by atoms with E-state index in [1.54, 1.807) is 13.4 Å². The van der Waals surface area contributed by atoms with Gasteiger partial charge in [0, 0.05) is 45.9 Å². The van der Waals surface area contributed by atoms with Crippen LogP contribution in [0, 0.1) is 13.8 Å². The van der Waals surface area contributed by atoms with Crippen molar-refractivity contribution in [1.82, 2.24) is 0 Å². The number of aryl methyl sites for hydroxylation is 3. The van der Waals surface area contributed by atoms with Gasteiger partial charge in [0.25, 0.3) is 5.97 Å². The number of carboxylic acid groups (broad SMARTS) is 1. The van der Waals surface area contributed by atoms with Gasteiger partial charge in [0.15, 0.2) is 0 Å². The van der Waals surface area contributed by atoms with E-state index in [2.05, 4.69) is 56.3 Å². The molecular weight excluding hydrogens is 544 g/mol. The molecule has 40 heavy (non-hydrogen) atoms. The minimum atomic E-state index is -0.833. The number of carbonyl (C=O) groups is 1. The van der Waals surface area contributed by atoms with E-state index in [1.807, 2.05) is 11.8 Å². The molecule has 214 valence electrons. The number of benzene rings is 3. The first kappa shape index (κ1) is 30.0. The van der Waals surface area contributed by atoms with Crippen molar-refractivity contribution >= 4 is 28.5 Å². The van der Waals surface area contributed by atoms with Crippen LogP contribution in [-0.2, 0) is 28.4 Å². The molecule has 5 rings (SSSR count). The summed E-state index contributed by atoms with van der Waals surface area (Å²) >= 11 is 1.92. The van der Waals surface area contributed by atoms with Gasteiger partial charge in [-0.2, -0.15) is 0 Å². The van der Waals surface area contributed by atoms with E-state index in [0.717, 1.165) is 66.7 Å². The van der Waals surface area contributed by atoms with Gasteiger partial charge in [-0.25, -0.2) is 0 Å². The number of carboxylic acids is 1. The van der Waals surface area contributed by atoms with Crippen molar-refractivity contribution in [1.29, 1.82) is 0 Å². The molecule has 0 spiro atoms. The van der Waals surface area contributed by atoms with Crippen LogP contribution in [0.5, 0.6) is 17.2 Å². The van der Waals surface area contributed by atoms with Crippen molar-refractivity contribution in [2.24, 2.45) is 0 Å². The average Bonchev–Trinajstić information content (AvgIpc) is 3.53. The van der Waals surface area contributed by atoms with Crippen molar-refractivity contribution < 1.29 is 28.3 Å². The number of fused-ring (bicyclic) bond motifs is 2. The molecule has 2 atom stereocenters. The fourth-order valence-electron chi connectivity index (χ4n) is 5.45. The lowest BCUT2D eigenvalue weighted by atomic mass is 9.89. The summed E-state index contributed by atoms with van der Waals surface area (Å²) in [6, 6.07) is 15.0. The monoisotopic (exact) mass is 582 g/mol. The molecule has 2 unspecified atom stereocenters. The molecule has 0 bridgehead atoms. The molecule has 0 radical (unpaired) electrons. The van der Waals surface area contributed by atoms with E-state index in [4.69, 9.17) is 24.1 Å². The van der Waals surface area contributed by atoms with E-state index < -0.39 is 16.8 Å². The maximum atomic E-state index is 11.3. The van der Waals surface area contributed by atoms with Gasteiger partial charge in [-0.05, 0) is 103 Å². The lowest BCUT2D eigenvalue weighted by Crippen LogP contribution is -2.05. The van der Waals surface area contributed by atoms with E-state index in [9.17, 15) is 4.21 Å². The summed E-state index contributed by atoms with van der Waals surface area (Å²) in [5.41, 5.74) is 8.72. The zero-order valence-corrected chi connectivity index (χ0v) is 25.5. The number of hydrogen-bond donors (Lipinski definition) is 1. The Hall–Kier alpha value is -2.97. The summed E-state index contributed by atoms with van der Waals surface area (Å²) in [6.45, 7) is 5.93. The second-order valence-corrected chi connectivity index (χ2v) is 12.8. The molecule has 0 saturated carbocycles. The fourth-order valence-corrected chi connectivity index (χ4v) is 7.07. The maximum Gasteiger partial charge on any atom is 0.300 e. The summed E-state index contributed by atoms with van der Waals surface area (Å²) in [5, 5.41) is 7.42. The smallest absolute Gasteiger partial charge is 0.300 e. The SMILES string of the molecule is CC(=O)O.COc1ccc2c(c1-c1c(C)cc(OCCCS(C)=O)cc1C)CCC2Oc1ccc2c(c1)SCC2. The zero-order chi connectivity index (χ0) is 28.8. The van der Waals surface area contributed by atoms with Crippen LogP contribution in [0.3, 0.4) is 0 Å². The summed E-state index contributed by atoms with van der Waals surface area (Å²) in [7, 11) is 0.960. The Morgan fingerprint density at radius 3 is 2.45 bits per heavy atom. The van der Waals surface area contributed by atoms with Crippen molar-refractivity contribution in [3.8, 4) is 28.4 Å². The molecule has 0 aromatic heterocycles. The normalized spacial score (nSPS) is 15.9. The molecule has 1 heterocycles. The van der Waals surface area contributed by atoms with Crippen LogP contribution in [0.25, 0.3) is 11.1 Å². The Morgan fingerprint density at radius 2 is 1.77 bits per heavy atom. The molecule has 1 N–H and O–H groups in total. The van der Waals surface area contributed by atoms with Crippen LogP contribution >= 0.6 is 11.8 Å². The van der Waals surface area contributed by atoms with E-state index >= 15 is 0 Å². The Kier molecular flexibility index (Phi) is 10.2. The third-order valence-corrected chi connectivity index (χ3v) is 9.04. The van der Waals surface area contributed by atoms with Gasteiger partial charge in [-0.3, -0.25) is 9.00 Å². The van der Waals surface area contributed by atoms with Crippen LogP contribution in [0.1, 0.15) is 53.7 Å². The predicted octanol–water partition coefficient (Wildman–Crippen LogP) is 6.93. The third kappa shape index (κ3) is 7.21. The van der Waals surface area contributed by atoms with Gasteiger partial charge >= 0.3 is 0 Å². The maximum absolute atomic E-state index is 11.3. The van der Waals surface area contributed by atoms with Crippen molar-refractivity contribution in [2.45, 2.75) is 57.5 Å². The first-order valence-electron chi connectivity index (χ1n) is 13.5. The van der Waals surface area contributed by atoms with E-state index in [0.29, 0.717) is 12.4 Å². The Bertz CT molecular complexity index is 1370. The van der Waals surface area contributed by atoms with Crippen LogP contribution in [0.4, 0.5) is 0 Å². The molecular formula is C32H38O6S2. The Balaban J connectivity index is 0.000000867. The van der Waals surface area contributed by atoms with Gasteiger partial charge < -0.3 is 19.3 Å². The van der Waals surface area contributed by atoms with Gasteiger partial charge in [0.2, 0.25) is 0 Å². The molecule has 0 saturated heterocycles. The average molecular weight is 583 g/mol. The van der Waals surface area contributed by atoms with Crippen LogP contribution < -0.4 is 14.2 Å². The van der Waals surface area contributed by atoms with E-state index in [1.165, 1.54) is 32.7 Å². The minimum absolute atomic E-state index is 0.0430. The number of thioether (sulfide) groups is 1. The molecule has 1 aliphatic carbocycles. The van der Waals surface area contributed by atoms with Crippen molar-refractivity contribution in [3.63, 3.8) is 0 Å². The fraction of sp³-hybridized carbons (Fsp3) is 0.406. The van der Waals surface area contributed by atoms with E-state index in [-0.39, 0.29) is 6.10 Å². The highest BCUT2D eigenvalue weighted by atomic mass is 32.2. The first-order chi connectivity index (χ1) is 19.2. The van der Waals surface area contributed by atoms with Crippen LogP contribution in [0.15, 0.2) is 47.4 Å². The molecule has 8 heteroatoms. The van der Waals surface area contributed by atoms with Gasteiger partial charge in [0.05, 0.1) is 13.7 Å². The van der Waals surface area contributed by atoms with Gasteiger partial charge in [0.1, 0.15) is 23.4 Å². The summed E-state index contributed by atoms with van der Waals surface area (Å²) in [6.07, 6.45) is 5.62. The van der Waals surface area contributed by atoms with Crippen molar-refractivity contribution in [3.05, 3.63) is 70.3 Å². The Labute approximate surface area is 243 Å². The molecule has 0 fully saturated rings. The zero-order valence-electron chi connectivity index (χ0n) is 23.9. The molecule has 2 aliphatic rings. The van der Waals surface area contributed by atoms with Crippen LogP contribution in [-0.4, -0.2) is 46.8 Å². The topological polar surface area (TPSA) is 82.1 Å². The highest BCUT2D eigenvalue weighted by Crippen LogP contribution is 2.47. The Morgan fingerprint density at radius 1 is 1.05 bits per heavy atom. The number of methoxy groups -OCH3 is 1. The second kappa shape index (κ2) is 13.6. The number of ether oxygens (including phenoxy) is 3. The summed E-state index contributed by atoms with van der Waals surface area (Å²) in [5.74, 6) is 3.71. The lowest BCUT2D eigenvalue weighted by molar-refractivity contribution is -0.134. The third-order valence-electron chi connectivity index (χ3n) is 7.08. The lowest BCUT2D eigenvalue weighted by Gasteiger charge is -2.21. The standard InChI is InChI=1S/C30H34O4S2.C2H4O2/c1-19-16-23(33-13-5-15-36(4)31)17-20(2)29(19)30-25-9-10-26(24(25)8-11-27(30)32-3)34-22-7-6-21-12-14-35-28(21)18-22;1-2(3)4/h6-8,11,16-18,26H,5,9-10,12-15H2,1-4H3;1H3,(H,3,4). The van der Waals surface area contributed by atoms with Crippen molar-refractivity contribution in [2.75, 3.05) is 31.5 Å². The second-order valence-electron chi connectivity index (χ2n) is 10.2. The summed E-state index contributed by atoms with van der Waals surface area (Å²) in [4.78, 5) is 10.4. The highest BCUT2D eigenvalue weighted by molar-refractivity contribution is 7.99. The molecule has 6 nitrogen and oxygen atoms in total. The molecule has 0 amide bonds. The molecule has 3 aromatic carbocycles. The predicted molar refractivity (Wildman–Crippen MR) is 163 cm³/mol. The van der Waals surface area contributed by atoms with Gasteiger partial charge in [-0.15, -0.1) is 11.8 Å². The number of hydrogen-bond acceptors (Lipinski definition) is 6. The largest absolute Gasteiger partial charge is 0.496 e. The quantitative estimate of drug-likeness (QED) is 0.274.